The molecule has 3 aromatic rings. The number of aryl methyl sites for hydroxylation is 2. The van der Waals surface area contributed by atoms with Crippen LogP contribution in [-0.4, -0.2) is 35.3 Å². The number of amides is 2. The molecule has 2 amide bonds. The zero-order valence-electron chi connectivity index (χ0n) is 17.4. The predicted molar refractivity (Wildman–Crippen MR) is 114 cm³/mol. The van der Waals surface area contributed by atoms with E-state index in [1.165, 1.54) is 7.11 Å². The number of hydrogen-bond acceptors (Lipinski definition) is 5. The van der Waals surface area contributed by atoms with Crippen molar-refractivity contribution in [2.45, 2.75) is 13.8 Å². The highest BCUT2D eigenvalue weighted by molar-refractivity contribution is 6.06. The van der Waals surface area contributed by atoms with Crippen LogP contribution in [0.2, 0.25) is 0 Å². The normalized spacial score (nSPS) is 10.4. The average molecular weight is 408 g/mol. The monoisotopic (exact) mass is 408 g/mol. The van der Waals surface area contributed by atoms with Gasteiger partial charge in [0, 0.05) is 24.1 Å². The van der Waals surface area contributed by atoms with Crippen molar-refractivity contribution in [2.24, 2.45) is 7.05 Å². The number of nitrogens with one attached hydrogen (secondary N) is 2. The minimum absolute atomic E-state index is 0.176. The van der Waals surface area contributed by atoms with Crippen LogP contribution in [0.15, 0.2) is 48.5 Å². The fourth-order valence-electron chi connectivity index (χ4n) is 3.05. The number of para-hydroxylation sites is 2. The summed E-state index contributed by atoms with van der Waals surface area (Å²) in [5.41, 5.74) is 3.08. The lowest BCUT2D eigenvalue weighted by atomic mass is 10.1. The molecule has 0 fully saturated rings. The van der Waals surface area contributed by atoms with Gasteiger partial charge in [-0.25, -0.2) is 0 Å². The molecule has 8 heteroatoms. The number of rotatable bonds is 7. The molecule has 1 aromatic heterocycles. The van der Waals surface area contributed by atoms with E-state index in [1.54, 1.807) is 61.1 Å². The number of anilines is 2. The van der Waals surface area contributed by atoms with E-state index in [0.29, 0.717) is 34.1 Å². The zero-order chi connectivity index (χ0) is 21.7. The summed E-state index contributed by atoms with van der Waals surface area (Å²) in [6.45, 7) is 3.46. The molecule has 0 bridgehead atoms. The summed E-state index contributed by atoms with van der Waals surface area (Å²) in [7, 11) is 3.33. The highest BCUT2D eigenvalue weighted by Gasteiger charge is 2.17. The molecule has 2 aromatic carbocycles. The van der Waals surface area contributed by atoms with Crippen molar-refractivity contribution < 1.29 is 19.1 Å². The first-order valence-electron chi connectivity index (χ1n) is 9.36. The largest absolute Gasteiger partial charge is 0.493 e. The highest BCUT2D eigenvalue weighted by Crippen LogP contribution is 2.25. The molecule has 30 heavy (non-hydrogen) atoms. The van der Waals surface area contributed by atoms with E-state index < -0.39 is 0 Å². The van der Waals surface area contributed by atoms with E-state index in [1.807, 2.05) is 13.0 Å². The molecule has 2 N–H and O–H groups in total. The number of benzene rings is 2. The number of carbonyl (C=O) groups is 2. The second-order valence-electron chi connectivity index (χ2n) is 6.69. The van der Waals surface area contributed by atoms with Crippen LogP contribution < -0.4 is 20.1 Å². The number of aromatic nitrogens is 2. The van der Waals surface area contributed by atoms with Crippen LogP contribution in [0.3, 0.4) is 0 Å². The number of methoxy groups -OCH3 is 1. The van der Waals surface area contributed by atoms with Crippen molar-refractivity contribution in [3.05, 3.63) is 65.5 Å². The summed E-state index contributed by atoms with van der Waals surface area (Å²) < 4.78 is 12.4. The molecule has 0 aliphatic carbocycles. The topological polar surface area (TPSA) is 94.5 Å². The average Bonchev–Trinajstić information content (AvgIpc) is 2.98. The van der Waals surface area contributed by atoms with Crippen LogP contribution in [0.5, 0.6) is 11.5 Å². The minimum atomic E-state index is -0.330. The summed E-state index contributed by atoms with van der Waals surface area (Å²) in [5, 5.41) is 9.87. The van der Waals surface area contributed by atoms with E-state index in [4.69, 9.17) is 9.47 Å². The molecule has 0 aliphatic rings. The molecule has 0 saturated heterocycles. The summed E-state index contributed by atoms with van der Waals surface area (Å²) >= 11 is 0. The summed E-state index contributed by atoms with van der Waals surface area (Å²) in [5.74, 6) is 0.457. The van der Waals surface area contributed by atoms with Crippen molar-refractivity contribution >= 4 is 23.2 Å². The molecule has 8 nitrogen and oxygen atoms in total. The fourth-order valence-corrected chi connectivity index (χ4v) is 3.05. The fraction of sp³-hybridized carbons (Fsp3) is 0.227. The van der Waals surface area contributed by atoms with Gasteiger partial charge in [-0.1, -0.05) is 18.2 Å². The molecule has 0 spiro atoms. The molecular formula is C22H24N4O4. The van der Waals surface area contributed by atoms with Gasteiger partial charge in [0.05, 0.1) is 18.4 Å². The Bertz CT molecular complexity index is 1070. The van der Waals surface area contributed by atoms with Crippen molar-refractivity contribution in [3.63, 3.8) is 0 Å². The van der Waals surface area contributed by atoms with E-state index in [-0.39, 0.29) is 18.4 Å². The Morgan fingerprint density at radius 1 is 1.00 bits per heavy atom. The summed E-state index contributed by atoms with van der Waals surface area (Å²) in [6.07, 6.45) is 0. The van der Waals surface area contributed by atoms with Crippen LogP contribution in [-0.2, 0) is 11.8 Å². The van der Waals surface area contributed by atoms with Crippen molar-refractivity contribution in [2.75, 3.05) is 24.4 Å². The molecule has 0 unspecified atom stereocenters. The molecular weight excluding hydrogens is 384 g/mol. The van der Waals surface area contributed by atoms with Crippen molar-refractivity contribution in [1.29, 1.82) is 0 Å². The van der Waals surface area contributed by atoms with Gasteiger partial charge in [0.2, 0.25) is 0 Å². The maximum Gasteiger partial charge on any atom is 0.262 e. The lowest BCUT2D eigenvalue weighted by molar-refractivity contribution is -0.118. The minimum Gasteiger partial charge on any atom is -0.493 e. The van der Waals surface area contributed by atoms with Gasteiger partial charge >= 0.3 is 0 Å². The standard InChI is InChI=1S/C22H24N4O4/c1-14-21(15(2)26(3)25-14)22(28)24-17-9-7-8-16(12-17)23-20(27)13-30-19-11-6-5-10-18(19)29-4/h5-12H,13H2,1-4H3,(H,23,27)(H,24,28). The Balaban J connectivity index is 1.62. The number of hydrogen-bond donors (Lipinski definition) is 2. The zero-order valence-corrected chi connectivity index (χ0v) is 17.4. The van der Waals surface area contributed by atoms with Crippen LogP contribution in [0.25, 0.3) is 0 Å². The van der Waals surface area contributed by atoms with E-state index >= 15 is 0 Å². The second-order valence-corrected chi connectivity index (χ2v) is 6.69. The van der Waals surface area contributed by atoms with Crippen LogP contribution in [0.4, 0.5) is 11.4 Å². The van der Waals surface area contributed by atoms with Gasteiger partial charge in [-0.05, 0) is 44.2 Å². The SMILES string of the molecule is COc1ccccc1OCC(=O)Nc1cccc(NC(=O)c2c(C)nn(C)c2C)c1. The Kier molecular flexibility index (Phi) is 6.36. The second kappa shape index (κ2) is 9.13. The lowest BCUT2D eigenvalue weighted by Gasteiger charge is -2.11. The van der Waals surface area contributed by atoms with Crippen LogP contribution in [0, 0.1) is 13.8 Å². The molecule has 1 heterocycles. The molecule has 0 saturated carbocycles. The third kappa shape index (κ3) is 4.78. The van der Waals surface area contributed by atoms with Gasteiger partial charge in [0.15, 0.2) is 18.1 Å². The van der Waals surface area contributed by atoms with Crippen molar-refractivity contribution in [1.82, 2.24) is 9.78 Å². The molecule has 0 radical (unpaired) electrons. The molecule has 3 rings (SSSR count). The Morgan fingerprint density at radius 3 is 2.30 bits per heavy atom. The highest BCUT2D eigenvalue weighted by atomic mass is 16.5. The van der Waals surface area contributed by atoms with Gasteiger partial charge in [0.1, 0.15) is 0 Å². The van der Waals surface area contributed by atoms with E-state index in [9.17, 15) is 9.59 Å². The number of ether oxygens (including phenoxy) is 2. The Hall–Kier alpha value is -3.81. The quantitative estimate of drug-likeness (QED) is 0.625. The maximum atomic E-state index is 12.6. The van der Waals surface area contributed by atoms with E-state index in [2.05, 4.69) is 15.7 Å². The number of carbonyl (C=O) groups excluding carboxylic acids is 2. The first-order chi connectivity index (χ1) is 14.4. The third-order valence-electron chi connectivity index (χ3n) is 4.57. The van der Waals surface area contributed by atoms with Gasteiger partial charge in [-0.15, -0.1) is 0 Å². The Labute approximate surface area is 174 Å². The maximum absolute atomic E-state index is 12.6. The third-order valence-corrected chi connectivity index (χ3v) is 4.57. The van der Waals surface area contributed by atoms with Gasteiger partial charge in [0.25, 0.3) is 11.8 Å². The van der Waals surface area contributed by atoms with Gasteiger partial charge in [-0.2, -0.15) is 5.10 Å². The molecule has 0 aliphatic heterocycles. The number of nitrogens with zero attached hydrogens (tertiary/aromatic N) is 2. The molecule has 156 valence electrons. The first kappa shape index (κ1) is 20.9. The Morgan fingerprint density at radius 2 is 1.67 bits per heavy atom. The summed E-state index contributed by atoms with van der Waals surface area (Å²) in [4.78, 5) is 24.9. The van der Waals surface area contributed by atoms with Crippen LogP contribution >= 0.6 is 0 Å². The van der Waals surface area contributed by atoms with Crippen LogP contribution in [0.1, 0.15) is 21.7 Å². The first-order valence-corrected chi connectivity index (χ1v) is 9.36. The van der Waals surface area contributed by atoms with Gasteiger partial charge < -0.3 is 20.1 Å². The van der Waals surface area contributed by atoms with Crippen molar-refractivity contribution in [3.8, 4) is 11.5 Å². The predicted octanol–water partition coefficient (Wildman–Crippen LogP) is 3.32. The molecule has 0 atom stereocenters. The smallest absolute Gasteiger partial charge is 0.262 e. The van der Waals surface area contributed by atoms with Gasteiger partial charge in [-0.3, -0.25) is 14.3 Å². The lowest BCUT2D eigenvalue weighted by Crippen LogP contribution is -2.20. The van der Waals surface area contributed by atoms with E-state index in [0.717, 1.165) is 5.69 Å². The summed E-state index contributed by atoms with van der Waals surface area (Å²) in [6, 6.07) is 14.0.